The zero-order chi connectivity index (χ0) is 63.1. The Labute approximate surface area is 566 Å². The minimum Gasteiger partial charge on any atom is -0.871 e. The van der Waals surface area contributed by atoms with E-state index in [4.69, 9.17) is 19.9 Å². The maximum Gasteiger partial charge on any atom is 1.00 e. The van der Waals surface area contributed by atoms with Gasteiger partial charge in [-0.2, -0.15) is 0 Å². The molecule has 0 N–H and O–H groups in total. The largest absolute Gasteiger partial charge is 1.00 e. The van der Waals surface area contributed by atoms with Crippen LogP contribution < -0.4 is 24.0 Å². The maximum atomic E-state index is 11.1. The van der Waals surface area contributed by atoms with E-state index in [2.05, 4.69) is 261 Å². The Morgan fingerprint density at radius 2 is 0.753 bits per heavy atom. The predicted molar refractivity (Wildman–Crippen MR) is 394 cm³/mol. The van der Waals surface area contributed by atoms with Crippen LogP contribution in [0.15, 0.2) is 310 Å². The van der Waals surface area contributed by atoms with Crippen molar-refractivity contribution in [2.24, 2.45) is 0 Å². The number of aromatic nitrogens is 8. The normalized spacial score (nSPS) is 11.9. The van der Waals surface area contributed by atoms with Gasteiger partial charge in [0.25, 0.3) is 0 Å². The van der Waals surface area contributed by atoms with Gasteiger partial charge in [-0.1, -0.05) is 248 Å². The molecule has 1 aliphatic carbocycles. The summed E-state index contributed by atoms with van der Waals surface area (Å²) in [7, 11) is 0. The minimum absolute atomic E-state index is 0. The first-order valence-electron chi connectivity index (χ1n) is 32.4. The van der Waals surface area contributed by atoms with Crippen LogP contribution in [0, 0.1) is 0 Å². The summed E-state index contributed by atoms with van der Waals surface area (Å²) in [5.74, 6) is 1.67. The molecule has 14 aromatic carbocycles. The van der Waals surface area contributed by atoms with E-state index in [1.807, 2.05) is 48.5 Å². The maximum absolute atomic E-state index is 11.1. The Morgan fingerprint density at radius 3 is 1.52 bits per heavy atom. The Hall–Kier alpha value is -12.5. The summed E-state index contributed by atoms with van der Waals surface area (Å²) in [5.41, 5.74) is 21.2. The summed E-state index contributed by atoms with van der Waals surface area (Å²) < 4.78 is 7.16. The van der Waals surface area contributed by atoms with E-state index in [1.165, 1.54) is 98.7 Å². The van der Waals surface area contributed by atoms with Crippen LogP contribution in [0.5, 0.6) is 5.75 Å². The van der Waals surface area contributed by atoms with Crippen LogP contribution in [-0.4, -0.2) is 38.5 Å². The number of nitrogens with zero attached hydrogens (tertiary/aromatic N) is 8. The number of rotatable bonds is 4. The van der Waals surface area contributed by atoms with Crippen LogP contribution in [0.2, 0.25) is 0 Å². The fourth-order valence-electron chi connectivity index (χ4n) is 15.5. The quantitative estimate of drug-likeness (QED) is 0.128. The number of pyridine rings is 1. The second-order valence-corrected chi connectivity index (χ2v) is 24.7. The molecule has 0 unspecified atom stereocenters. The second-order valence-electron chi connectivity index (χ2n) is 24.7. The molecule has 0 atom stereocenters. The van der Waals surface area contributed by atoms with Crippen LogP contribution >= 0.6 is 0 Å². The second kappa shape index (κ2) is 22.1. The van der Waals surface area contributed by atoms with Crippen molar-refractivity contribution >= 4 is 136 Å². The van der Waals surface area contributed by atoms with Crippen molar-refractivity contribution in [1.82, 2.24) is 38.5 Å². The zero-order valence-corrected chi connectivity index (χ0v) is 52.4. The third-order valence-electron chi connectivity index (χ3n) is 19.5. The van der Waals surface area contributed by atoms with Crippen LogP contribution in [0.25, 0.3) is 193 Å². The van der Waals surface area contributed by atoms with Crippen LogP contribution in [-0.2, 0) is 0 Å². The summed E-state index contributed by atoms with van der Waals surface area (Å²) in [6.45, 7) is 0. The Balaban J connectivity index is 0.000000118. The fourth-order valence-corrected chi connectivity index (χ4v) is 15.5. The predicted octanol–water partition coefficient (Wildman–Crippen LogP) is 18.2. The molecular formula is C87H51LiN8O. The van der Waals surface area contributed by atoms with Gasteiger partial charge in [0.15, 0.2) is 11.6 Å². The van der Waals surface area contributed by atoms with Gasteiger partial charge in [-0.05, 0) is 110 Å². The molecule has 0 spiro atoms. The molecule has 97 heavy (non-hydrogen) atoms. The number of benzene rings is 14. The first-order valence-corrected chi connectivity index (χ1v) is 32.4. The topological polar surface area (TPSA) is 102 Å². The summed E-state index contributed by atoms with van der Waals surface area (Å²) >= 11 is 0. The number of fused-ring (bicyclic) bond motifs is 13. The molecule has 0 saturated carbocycles. The summed E-state index contributed by atoms with van der Waals surface area (Å²) in [4.78, 5) is 25.3. The molecule has 0 bridgehead atoms. The molecule has 21 aromatic rings. The van der Waals surface area contributed by atoms with E-state index in [0.29, 0.717) is 5.52 Å². The van der Waals surface area contributed by atoms with Crippen molar-refractivity contribution in [2.45, 2.75) is 0 Å². The SMILES string of the molecule is [Li+].[O-]c1cccc2cccnc12.c1ccc(-c2nc3ccc4ccccc4c3nc2-n2c3cccc4c5cccc6c7ccccc7n(c7cccc2c7c43)c56)cc1.c1ccc(-c2nc3ccccc3nc2-n2c3cccc4c3c3c5c(cccc5ccc32)-c2ccccc2-4)cc1. The molecule has 7 aromatic heterocycles. The van der Waals surface area contributed by atoms with Crippen LogP contribution in [0.1, 0.15) is 0 Å². The Bertz CT molecular complexity index is 6790. The molecule has 22 rings (SSSR count). The smallest absolute Gasteiger partial charge is 0.871 e. The monoisotopic (exact) mass is 1230 g/mol. The van der Waals surface area contributed by atoms with E-state index >= 15 is 0 Å². The van der Waals surface area contributed by atoms with Crippen molar-refractivity contribution in [3.05, 3.63) is 310 Å². The van der Waals surface area contributed by atoms with Crippen LogP contribution in [0.4, 0.5) is 0 Å². The molecule has 0 fully saturated rings. The fraction of sp³-hybridized carbons (Fsp3) is 0. The zero-order valence-electron chi connectivity index (χ0n) is 52.4. The molecule has 0 saturated heterocycles. The van der Waals surface area contributed by atoms with Gasteiger partial charge in [0.2, 0.25) is 0 Å². The van der Waals surface area contributed by atoms with Gasteiger partial charge in [0.05, 0.1) is 66.2 Å². The van der Waals surface area contributed by atoms with Gasteiger partial charge < -0.3 is 9.51 Å². The van der Waals surface area contributed by atoms with E-state index in [9.17, 15) is 5.11 Å². The third kappa shape index (κ3) is 8.43. The van der Waals surface area contributed by atoms with Crippen molar-refractivity contribution in [3.8, 4) is 62.2 Å². The molecule has 446 valence electrons. The molecule has 0 aliphatic heterocycles. The van der Waals surface area contributed by atoms with Crippen molar-refractivity contribution in [1.29, 1.82) is 0 Å². The summed E-state index contributed by atoms with van der Waals surface area (Å²) in [5, 5.41) is 26.9. The van der Waals surface area contributed by atoms with Crippen LogP contribution in [0.3, 0.4) is 0 Å². The van der Waals surface area contributed by atoms with E-state index in [0.717, 1.165) is 94.4 Å². The minimum atomic E-state index is -0.0110. The van der Waals surface area contributed by atoms with Gasteiger partial charge in [-0.15, -0.1) is 0 Å². The molecule has 0 amide bonds. The van der Waals surface area contributed by atoms with Crippen molar-refractivity contribution in [3.63, 3.8) is 0 Å². The van der Waals surface area contributed by atoms with Crippen molar-refractivity contribution < 1.29 is 24.0 Å². The standard InChI is InChI=1S/C42H24N4.C36H21N3.C9H7NO.Li/c1-2-12-26(13-3-1)39-42(44-40-27-14-5-4-11-25(27)23-24-32(40)43-39)46-34-20-9-16-29-31-18-8-17-30-28-15-6-7-19-33(28)45(41(30)31)35-21-10-22-36(46)38(35)37(29)34;1-2-10-23(11-3-1)35-36(38-29-18-7-6-17-28(29)37-35)39-30-19-9-16-27-25-14-5-4-13-24(25)26-15-8-12-22-20-21-31(39)34(32(22)26)33(27)30;11-8-5-1-3-7-4-2-6-10-9(7)8;/h1-24H;1-21H;1-6,11H;/q;;;+1/p-1. The molecule has 10 heteroatoms. The van der Waals surface area contributed by atoms with E-state index in [1.54, 1.807) is 12.3 Å². The molecule has 1 aliphatic rings. The van der Waals surface area contributed by atoms with Gasteiger partial charge >= 0.3 is 18.9 Å². The summed E-state index contributed by atoms with van der Waals surface area (Å²) in [6.07, 6.45) is 1.63. The first kappa shape index (κ1) is 56.1. The molecule has 7 heterocycles. The van der Waals surface area contributed by atoms with Gasteiger partial charge in [-0.3, -0.25) is 14.1 Å². The van der Waals surface area contributed by atoms with Gasteiger partial charge in [0.1, 0.15) is 11.4 Å². The first-order chi connectivity index (χ1) is 47.6. The van der Waals surface area contributed by atoms with Gasteiger partial charge in [-0.25, -0.2) is 19.9 Å². The average molecular weight is 1230 g/mol. The molecule has 9 nitrogen and oxygen atoms in total. The average Bonchev–Trinajstić information content (AvgIpc) is 1.54. The van der Waals surface area contributed by atoms with Gasteiger partial charge in [0, 0.05) is 60.4 Å². The Morgan fingerprint density at radius 1 is 0.268 bits per heavy atom. The number of para-hydroxylation sites is 5. The third-order valence-corrected chi connectivity index (χ3v) is 19.5. The molecular weight excluding hydrogens is 1180 g/mol. The van der Waals surface area contributed by atoms with E-state index in [-0.39, 0.29) is 24.6 Å². The summed E-state index contributed by atoms with van der Waals surface area (Å²) in [6, 6.07) is 106. The number of hydrogen-bond donors (Lipinski definition) is 0. The Kier molecular flexibility index (Phi) is 12.7. The van der Waals surface area contributed by atoms with Crippen molar-refractivity contribution in [2.75, 3.05) is 0 Å². The molecule has 0 radical (unpaired) electrons. The van der Waals surface area contributed by atoms with E-state index < -0.39 is 0 Å². The number of hydrogen-bond acceptors (Lipinski definition) is 6.